The van der Waals surface area contributed by atoms with Crippen molar-refractivity contribution >= 4 is 22.6 Å². The van der Waals surface area contributed by atoms with Gasteiger partial charge in [-0.3, -0.25) is 9.59 Å². The number of aliphatic carboxylic acids is 1. The van der Waals surface area contributed by atoms with Crippen molar-refractivity contribution in [3.8, 4) is 11.5 Å². The van der Waals surface area contributed by atoms with Crippen LogP contribution >= 0.6 is 0 Å². The standard InChI is InChI=1S/C32H35NO5/c34-31(35)19-28(33-20-24-16-21-8-4-5-9-22(21)17-27(24)32(33)36)23-14-15-29(37-25-10-2-1-3-11-25)30(18-23)38-26-12-6-7-13-26/h4-5,8-9,14-18,25-26,28H,1-3,6-7,10-13,19-20H2,(H,34,35). The number of nitrogens with zero attached hydrogens (tertiary/aromatic N) is 1. The number of rotatable bonds is 8. The highest BCUT2D eigenvalue weighted by atomic mass is 16.5. The molecule has 3 aromatic carbocycles. The topological polar surface area (TPSA) is 76.1 Å². The number of amides is 1. The Kier molecular flexibility index (Phi) is 6.96. The molecular weight excluding hydrogens is 478 g/mol. The van der Waals surface area contributed by atoms with Crippen molar-refractivity contribution in [2.75, 3.05) is 0 Å². The second-order valence-corrected chi connectivity index (χ2v) is 11.0. The Morgan fingerprint density at radius 2 is 1.47 bits per heavy atom. The van der Waals surface area contributed by atoms with E-state index in [-0.39, 0.29) is 24.5 Å². The summed E-state index contributed by atoms with van der Waals surface area (Å²) >= 11 is 0. The fourth-order valence-corrected chi connectivity index (χ4v) is 6.32. The SMILES string of the molecule is O=C(O)CC(c1ccc(OC2CCCCC2)c(OC2CCCC2)c1)N1Cc2cc3ccccc3cc2C1=O. The predicted octanol–water partition coefficient (Wildman–Crippen LogP) is 7.04. The number of carbonyl (C=O) groups excluding carboxylic acids is 1. The minimum atomic E-state index is -0.940. The highest BCUT2D eigenvalue weighted by Crippen LogP contribution is 2.40. The monoisotopic (exact) mass is 513 g/mol. The van der Waals surface area contributed by atoms with Gasteiger partial charge in [-0.25, -0.2) is 0 Å². The number of benzene rings is 3. The zero-order valence-corrected chi connectivity index (χ0v) is 21.7. The number of carboxylic acid groups (broad SMARTS) is 1. The van der Waals surface area contributed by atoms with Crippen LogP contribution in [0.5, 0.6) is 11.5 Å². The van der Waals surface area contributed by atoms with Crippen molar-refractivity contribution in [1.82, 2.24) is 4.90 Å². The summed E-state index contributed by atoms with van der Waals surface area (Å²) in [6, 6.07) is 17.1. The summed E-state index contributed by atoms with van der Waals surface area (Å²) in [5, 5.41) is 11.9. The zero-order valence-electron chi connectivity index (χ0n) is 21.7. The summed E-state index contributed by atoms with van der Waals surface area (Å²) < 4.78 is 12.9. The van der Waals surface area contributed by atoms with Crippen LogP contribution < -0.4 is 9.47 Å². The number of carboxylic acids is 1. The van der Waals surface area contributed by atoms with Gasteiger partial charge in [-0.15, -0.1) is 0 Å². The number of hydrogen-bond acceptors (Lipinski definition) is 4. The van der Waals surface area contributed by atoms with Crippen molar-refractivity contribution in [1.29, 1.82) is 0 Å². The second kappa shape index (κ2) is 10.7. The third-order valence-electron chi connectivity index (χ3n) is 8.34. The van der Waals surface area contributed by atoms with Gasteiger partial charge in [0, 0.05) is 12.1 Å². The largest absolute Gasteiger partial charge is 0.487 e. The van der Waals surface area contributed by atoms with Crippen LogP contribution in [0.15, 0.2) is 54.6 Å². The van der Waals surface area contributed by atoms with Gasteiger partial charge in [-0.05, 0) is 97.5 Å². The number of ether oxygens (including phenoxy) is 2. The van der Waals surface area contributed by atoms with Crippen molar-refractivity contribution in [2.45, 2.75) is 89.0 Å². The molecule has 2 aliphatic carbocycles. The van der Waals surface area contributed by atoms with Gasteiger partial charge < -0.3 is 19.5 Å². The Balaban J connectivity index is 1.33. The molecule has 2 fully saturated rings. The Bertz CT molecular complexity index is 1340. The first kappa shape index (κ1) is 24.8. The Labute approximate surface area is 223 Å². The molecule has 1 atom stereocenters. The summed E-state index contributed by atoms with van der Waals surface area (Å²) in [5.41, 5.74) is 2.35. The molecule has 6 nitrogen and oxygen atoms in total. The summed E-state index contributed by atoms with van der Waals surface area (Å²) in [6.45, 7) is 0.385. The third-order valence-corrected chi connectivity index (χ3v) is 8.34. The first-order valence-corrected chi connectivity index (χ1v) is 14.1. The highest BCUT2D eigenvalue weighted by Gasteiger charge is 2.35. The molecule has 0 spiro atoms. The molecule has 2 saturated carbocycles. The summed E-state index contributed by atoms with van der Waals surface area (Å²) in [7, 11) is 0. The molecular formula is C32H35NO5. The molecule has 38 heavy (non-hydrogen) atoms. The molecule has 1 unspecified atom stereocenters. The predicted molar refractivity (Wildman–Crippen MR) is 146 cm³/mol. The van der Waals surface area contributed by atoms with E-state index in [0.717, 1.165) is 66.2 Å². The summed E-state index contributed by atoms with van der Waals surface area (Å²) in [6.07, 6.45) is 10.2. The van der Waals surface area contributed by atoms with Crippen molar-refractivity contribution < 1.29 is 24.2 Å². The molecule has 0 aromatic heterocycles. The van der Waals surface area contributed by atoms with Gasteiger partial charge in [-0.1, -0.05) is 36.8 Å². The van der Waals surface area contributed by atoms with Crippen molar-refractivity contribution in [3.05, 3.63) is 71.3 Å². The molecule has 198 valence electrons. The Morgan fingerprint density at radius 3 is 2.16 bits per heavy atom. The van der Waals surface area contributed by atoms with Crippen LogP contribution in [-0.2, 0) is 11.3 Å². The van der Waals surface area contributed by atoms with E-state index in [1.54, 1.807) is 4.90 Å². The van der Waals surface area contributed by atoms with Gasteiger partial charge in [-0.2, -0.15) is 0 Å². The minimum absolute atomic E-state index is 0.127. The Hall–Kier alpha value is -3.54. The average Bonchev–Trinajstić information content (AvgIpc) is 3.55. The average molecular weight is 514 g/mol. The van der Waals surface area contributed by atoms with E-state index in [0.29, 0.717) is 17.9 Å². The first-order valence-electron chi connectivity index (χ1n) is 14.1. The fraction of sp³-hybridized carbons (Fsp3) is 0.438. The third kappa shape index (κ3) is 5.09. The fourth-order valence-electron chi connectivity index (χ4n) is 6.32. The van der Waals surface area contributed by atoms with E-state index in [4.69, 9.17) is 9.47 Å². The molecule has 0 saturated heterocycles. The smallest absolute Gasteiger partial charge is 0.305 e. The number of fused-ring (bicyclic) bond motifs is 2. The number of hydrogen-bond donors (Lipinski definition) is 1. The molecule has 6 heteroatoms. The summed E-state index contributed by atoms with van der Waals surface area (Å²) in [5.74, 6) is 0.330. The first-order chi connectivity index (χ1) is 18.5. The molecule has 1 amide bonds. The quantitative estimate of drug-likeness (QED) is 0.349. The van der Waals surface area contributed by atoms with Crippen LogP contribution in [-0.4, -0.2) is 34.1 Å². The van der Waals surface area contributed by atoms with Gasteiger partial charge in [0.1, 0.15) is 0 Å². The normalized spacial score (nSPS) is 19.1. The molecule has 0 radical (unpaired) electrons. The van der Waals surface area contributed by atoms with E-state index >= 15 is 0 Å². The van der Waals surface area contributed by atoms with Gasteiger partial charge in [0.25, 0.3) is 5.91 Å². The lowest BCUT2D eigenvalue weighted by Crippen LogP contribution is -2.31. The van der Waals surface area contributed by atoms with Gasteiger partial charge in [0.15, 0.2) is 11.5 Å². The molecule has 3 aliphatic rings. The highest BCUT2D eigenvalue weighted by molar-refractivity contribution is 6.03. The lowest BCUT2D eigenvalue weighted by molar-refractivity contribution is -0.138. The molecule has 1 aliphatic heterocycles. The van der Waals surface area contributed by atoms with Crippen LogP contribution in [0.25, 0.3) is 10.8 Å². The molecule has 6 rings (SSSR count). The minimum Gasteiger partial charge on any atom is -0.487 e. The maximum atomic E-state index is 13.6. The zero-order chi connectivity index (χ0) is 26.1. The van der Waals surface area contributed by atoms with Crippen LogP contribution in [0.1, 0.15) is 91.7 Å². The van der Waals surface area contributed by atoms with E-state index in [9.17, 15) is 14.7 Å². The lowest BCUT2D eigenvalue weighted by Gasteiger charge is -2.29. The van der Waals surface area contributed by atoms with E-state index in [2.05, 4.69) is 6.07 Å². The van der Waals surface area contributed by atoms with Crippen molar-refractivity contribution in [2.24, 2.45) is 0 Å². The van der Waals surface area contributed by atoms with Crippen molar-refractivity contribution in [3.63, 3.8) is 0 Å². The molecule has 1 heterocycles. The van der Waals surface area contributed by atoms with E-state index in [1.807, 2.05) is 48.5 Å². The van der Waals surface area contributed by atoms with Gasteiger partial charge >= 0.3 is 5.97 Å². The van der Waals surface area contributed by atoms with Gasteiger partial charge in [0.2, 0.25) is 0 Å². The van der Waals surface area contributed by atoms with Crippen LogP contribution in [0.2, 0.25) is 0 Å². The van der Waals surface area contributed by atoms with E-state index < -0.39 is 12.0 Å². The molecule has 0 bridgehead atoms. The molecule has 3 aromatic rings. The number of carbonyl (C=O) groups is 2. The maximum absolute atomic E-state index is 13.6. The van der Waals surface area contributed by atoms with Crippen LogP contribution in [0.3, 0.4) is 0 Å². The van der Waals surface area contributed by atoms with E-state index in [1.165, 1.54) is 19.3 Å². The second-order valence-electron chi connectivity index (χ2n) is 11.0. The maximum Gasteiger partial charge on any atom is 0.305 e. The molecule has 1 N–H and O–H groups in total. The lowest BCUT2D eigenvalue weighted by atomic mass is 9.97. The van der Waals surface area contributed by atoms with Crippen LogP contribution in [0.4, 0.5) is 0 Å². The summed E-state index contributed by atoms with van der Waals surface area (Å²) in [4.78, 5) is 27.3. The Morgan fingerprint density at radius 1 is 0.842 bits per heavy atom. The van der Waals surface area contributed by atoms with Crippen LogP contribution in [0, 0.1) is 0 Å². The van der Waals surface area contributed by atoms with Gasteiger partial charge in [0.05, 0.1) is 24.7 Å².